The molecule has 78 valence electrons. The van der Waals surface area contributed by atoms with Crippen molar-refractivity contribution in [3.63, 3.8) is 0 Å². The zero-order valence-corrected chi connectivity index (χ0v) is 8.72. The van der Waals surface area contributed by atoms with Gasteiger partial charge in [0, 0.05) is 18.8 Å². The number of aryl methyl sites for hydroxylation is 1. The summed E-state index contributed by atoms with van der Waals surface area (Å²) in [6.45, 7) is 2.11. The van der Waals surface area contributed by atoms with E-state index < -0.39 is 0 Å². The maximum atomic E-state index is 9.73. The molecule has 1 aromatic carbocycles. The Balaban J connectivity index is 2.45. The summed E-state index contributed by atoms with van der Waals surface area (Å²) in [5, 5.41) is 9.73. The summed E-state index contributed by atoms with van der Waals surface area (Å²) in [6.07, 6.45) is 5.60. The van der Waals surface area contributed by atoms with E-state index in [4.69, 9.17) is 0 Å². The number of aromatic hydroxyl groups is 1. The van der Waals surface area contributed by atoms with Gasteiger partial charge in [0.05, 0.1) is 5.69 Å². The second-order valence-electron chi connectivity index (χ2n) is 3.45. The van der Waals surface area contributed by atoms with Crippen molar-refractivity contribution >= 4 is 0 Å². The number of phenols is 1. The molecule has 15 heavy (non-hydrogen) atoms. The predicted octanol–water partition coefficient (Wildman–Crippen LogP) is 2.53. The number of para-hydroxylation sites is 2. The van der Waals surface area contributed by atoms with Crippen molar-refractivity contribution in [1.29, 1.82) is 0 Å². The van der Waals surface area contributed by atoms with Crippen LogP contribution in [0.25, 0.3) is 5.69 Å². The highest BCUT2D eigenvalue weighted by Gasteiger charge is 2.06. The van der Waals surface area contributed by atoms with Crippen LogP contribution >= 0.6 is 0 Å². The molecule has 0 aliphatic heterocycles. The van der Waals surface area contributed by atoms with Crippen LogP contribution in [0.4, 0.5) is 0 Å². The summed E-state index contributed by atoms with van der Waals surface area (Å²) in [7, 11) is 0. The minimum absolute atomic E-state index is 0.285. The van der Waals surface area contributed by atoms with Gasteiger partial charge < -0.3 is 9.67 Å². The van der Waals surface area contributed by atoms with Gasteiger partial charge in [-0.3, -0.25) is 0 Å². The Morgan fingerprint density at radius 2 is 2.13 bits per heavy atom. The number of phenolic OH excluding ortho intramolecular Hbond substituents is 1. The fourth-order valence-electron chi connectivity index (χ4n) is 1.63. The molecule has 2 rings (SSSR count). The van der Waals surface area contributed by atoms with Crippen LogP contribution in [0.3, 0.4) is 0 Å². The van der Waals surface area contributed by atoms with Crippen LogP contribution in [0, 0.1) is 0 Å². The summed E-state index contributed by atoms with van der Waals surface area (Å²) < 4.78 is 1.93. The van der Waals surface area contributed by atoms with E-state index in [1.807, 2.05) is 29.0 Å². The third kappa shape index (κ3) is 1.86. The van der Waals surface area contributed by atoms with Gasteiger partial charge in [0.15, 0.2) is 0 Å². The van der Waals surface area contributed by atoms with Crippen molar-refractivity contribution in [2.45, 2.75) is 19.8 Å². The third-order valence-electron chi connectivity index (χ3n) is 2.33. The molecule has 0 spiro atoms. The van der Waals surface area contributed by atoms with E-state index >= 15 is 0 Å². The molecule has 0 aliphatic carbocycles. The summed E-state index contributed by atoms with van der Waals surface area (Å²) in [6, 6.07) is 7.29. The third-order valence-corrected chi connectivity index (χ3v) is 2.33. The number of benzene rings is 1. The molecule has 0 amide bonds. The van der Waals surface area contributed by atoms with Crippen molar-refractivity contribution in [3.8, 4) is 11.4 Å². The predicted molar refractivity (Wildman–Crippen MR) is 59.2 cm³/mol. The van der Waals surface area contributed by atoms with Crippen LogP contribution in [0.15, 0.2) is 36.7 Å². The molecule has 0 fully saturated rings. The first-order chi connectivity index (χ1) is 7.33. The molecule has 0 saturated carbocycles. The molecule has 1 N–H and O–H groups in total. The van der Waals surface area contributed by atoms with E-state index in [1.54, 1.807) is 12.3 Å². The Morgan fingerprint density at radius 3 is 2.87 bits per heavy atom. The number of hydrogen-bond acceptors (Lipinski definition) is 2. The number of aromatic nitrogens is 2. The zero-order valence-electron chi connectivity index (χ0n) is 8.72. The Bertz CT molecular complexity index is 448. The quantitative estimate of drug-likeness (QED) is 0.830. The number of imidazole rings is 1. The van der Waals surface area contributed by atoms with E-state index in [0.29, 0.717) is 0 Å². The average Bonchev–Trinajstić information content (AvgIpc) is 2.67. The maximum absolute atomic E-state index is 9.73. The lowest BCUT2D eigenvalue weighted by Gasteiger charge is -2.08. The largest absolute Gasteiger partial charge is 0.506 e. The number of rotatable bonds is 3. The molecule has 0 bridgehead atoms. The van der Waals surface area contributed by atoms with Gasteiger partial charge in [-0.2, -0.15) is 0 Å². The second-order valence-corrected chi connectivity index (χ2v) is 3.45. The zero-order chi connectivity index (χ0) is 10.7. The molecule has 0 saturated heterocycles. The highest BCUT2D eigenvalue weighted by molar-refractivity contribution is 5.46. The van der Waals surface area contributed by atoms with Crippen molar-refractivity contribution in [1.82, 2.24) is 9.55 Å². The van der Waals surface area contributed by atoms with Gasteiger partial charge in [-0.05, 0) is 18.6 Å². The lowest BCUT2D eigenvalue weighted by atomic mass is 10.2. The normalized spacial score (nSPS) is 10.5. The van der Waals surface area contributed by atoms with Gasteiger partial charge >= 0.3 is 0 Å². The smallest absolute Gasteiger partial charge is 0.139 e. The monoisotopic (exact) mass is 202 g/mol. The molecular weight excluding hydrogens is 188 g/mol. The van der Waals surface area contributed by atoms with Crippen molar-refractivity contribution in [3.05, 3.63) is 42.5 Å². The van der Waals surface area contributed by atoms with E-state index in [2.05, 4.69) is 11.9 Å². The van der Waals surface area contributed by atoms with Crippen molar-refractivity contribution in [2.75, 3.05) is 0 Å². The lowest BCUT2D eigenvalue weighted by molar-refractivity contribution is 0.471. The molecule has 0 unspecified atom stereocenters. The number of hydrogen-bond donors (Lipinski definition) is 1. The van der Waals surface area contributed by atoms with Crippen LogP contribution < -0.4 is 0 Å². The van der Waals surface area contributed by atoms with Gasteiger partial charge in [0.2, 0.25) is 0 Å². The fourth-order valence-corrected chi connectivity index (χ4v) is 1.63. The van der Waals surface area contributed by atoms with Gasteiger partial charge in [0.1, 0.15) is 11.6 Å². The molecule has 2 aromatic rings. The fraction of sp³-hybridized carbons (Fsp3) is 0.250. The molecule has 0 aliphatic rings. The van der Waals surface area contributed by atoms with E-state index in [9.17, 15) is 5.11 Å². The van der Waals surface area contributed by atoms with Gasteiger partial charge in [-0.15, -0.1) is 0 Å². The molecule has 1 heterocycles. The van der Waals surface area contributed by atoms with Gasteiger partial charge in [-0.25, -0.2) is 4.98 Å². The topological polar surface area (TPSA) is 38.0 Å². The molecule has 0 atom stereocenters. The summed E-state index contributed by atoms with van der Waals surface area (Å²) in [5.41, 5.74) is 0.790. The van der Waals surface area contributed by atoms with Gasteiger partial charge in [-0.1, -0.05) is 19.1 Å². The summed E-state index contributed by atoms with van der Waals surface area (Å²) in [4.78, 5) is 4.28. The Hall–Kier alpha value is -1.77. The van der Waals surface area contributed by atoms with Gasteiger partial charge in [0.25, 0.3) is 0 Å². The number of nitrogens with zero attached hydrogens (tertiary/aromatic N) is 2. The molecule has 0 radical (unpaired) electrons. The van der Waals surface area contributed by atoms with Crippen molar-refractivity contribution in [2.24, 2.45) is 0 Å². The minimum Gasteiger partial charge on any atom is -0.506 e. The van der Waals surface area contributed by atoms with E-state index in [1.165, 1.54) is 0 Å². The lowest BCUT2D eigenvalue weighted by Crippen LogP contribution is -2.00. The Labute approximate surface area is 89.0 Å². The van der Waals surface area contributed by atoms with E-state index in [-0.39, 0.29) is 5.75 Å². The Morgan fingerprint density at radius 1 is 1.33 bits per heavy atom. The molecule has 3 nitrogen and oxygen atoms in total. The first-order valence-electron chi connectivity index (χ1n) is 5.13. The summed E-state index contributed by atoms with van der Waals surface area (Å²) in [5.74, 6) is 1.27. The van der Waals surface area contributed by atoms with Crippen LogP contribution in [0.5, 0.6) is 5.75 Å². The van der Waals surface area contributed by atoms with Crippen LogP contribution in [0.2, 0.25) is 0 Å². The SMILES string of the molecule is CCCc1nccn1-c1ccccc1O. The molecule has 3 heteroatoms. The van der Waals surface area contributed by atoms with Crippen molar-refractivity contribution < 1.29 is 5.11 Å². The second kappa shape index (κ2) is 4.17. The summed E-state index contributed by atoms with van der Waals surface area (Å²) >= 11 is 0. The highest BCUT2D eigenvalue weighted by atomic mass is 16.3. The molecular formula is C12H14N2O. The Kier molecular flexibility index (Phi) is 2.72. The first kappa shape index (κ1) is 9.77. The standard InChI is InChI=1S/C12H14N2O/c1-2-5-12-13-8-9-14(12)10-6-3-4-7-11(10)15/h3-4,6-9,15H,2,5H2,1H3. The highest BCUT2D eigenvalue weighted by Crippen LogP contribution is 2.22. The average molecular weight is 202 g/mol. The van der Waals surface area contributed by atoms with Crippen LogP contribution in [-0.4, -0.2) is 14.7 Å². The maximum Gasteiger partial charge on any atom is 0.139 e. The minimum atomic E-state index is 0.285. The van der Waals surface area contributed by atoms with Crippen LogP contribution in [-0.2, 0) is 6.42 Å². The first-order valence-corrected chi connectivity index (χ1v) is 5.13. The molecule has 1 aromatic heterocycles. The van der Waals surface area contributed by atoms with Crippen LogP contribution in [0.1, 0.15) is 19.2 Å². The van der Waals surface area contributed by atoms with E-state index in [0.717, 1.165) is 24.4 Å².